The smallest absolute Gasteiger partial charge is 0.269 e. The second-order valence-electron chi connectivity index (χ2n) is 5.85. The first-order valence-corrected chi connectivity index (χ1v) is 7.92. The molecular weight excluding hydrogens is 347 g/mol. The molecule has 2 aromatic carbocycles. The molecule has 1 amide bonds. The average molecular weight is 365 g/mol. The summed E-state index contributed by atoms with van der Waals surface area (Å²) in [6.07, 6.45) is -0.196. The molecule has 0 aromatic heterocycles. The SMILES string of the molecule is Cl.O=C(Nc1ccc2c(c1F)CCNC2)C1COc2ccccc2O1. The van der Waals surface area contributed by atoms with Gasteiger partial charge in [-0.05, 0) is 42.3 Å². The van der Waals surface area contributed by atoms with Crippen molar-refractivity contribution in [1.29, 1.82) is 0 Å². The Hall–Kier alpha value is -2.31. The van der Waals surface area contributed by atoms with E-state index in [1.165, 1.54) is 0 Å². The summed E-state index contributed by atoms with van der Waals surface area (Å²) in [5, 5.41) is 5.82. The normalized spacial score (nSPS) is 17.9. The zero-order chi connectivity index (χ0) is 16.5. The summed E-state index contributed by atoms with van der Waals surface area (Å²) in [6.45, 7) is 1.48. The Labute approximate surface area is 150 Å². The number of hydrogen-bond donors (Lipinski definition) is 2. The lowest BCUT2D eigenvalue weighted by Crippen LogP contribution is -2.40. The molecule has 0 aliphatic carbocycles. The number of fused-ring (bicyclic) bond motifs is 2. The highest BCUT2D eigenvalue weighted by molar-refractivity contribution is 5.95. The summed E-state index contributed by atoms with van der Waals surface area (Å²) >= 11 is 0. The molecule has 5 nitrogen and oxygen atoms in total. The topological polar surface area (TPSA) is 59.6 Å². The van der Waals surface area contributed by atoms with E-state index >= 15 is 0 Å². The number of halogens is 2. The van der Waals surface area contributed by atoms with Gasteiger partial charge in [-0.2, -0.15) is 0 Å². The van der Waals surface area contributed by atoms with E-state index in [9.17, 15) is 9.18 Å². The molecule has 0 saturated carbocycles. The summed E-state index contributed by atoms with van der Waals surface area (Å²) < 4.78 is 25.8. The monoisotopic (exact) mass is 364 g/mol. The van der Waals surface area contributed by atoms with Gasteiger partial charge >= 0.3 is 0 Å². The second-order valence-corrected chi connectivity index (χ2v) is 5.85. The van der Waals surface area contributed by atoms with Crippen molar-refractivity contribution in [2.45, 2.75) is 19.1 Å². The minimum absolute atomic E-state index is 0. The Morgan fingerprint density at radius 3 is 2.84 bits per heavy atom. The van der Waals surface area contributed by atoms with Crippen LogP contribution in [0.3, 0.4) is 0 Å². The van der Waals surface area contributed by atoms with Crippen LogP contribution < -0.4 is 20.1 Å². The first-order chi connectivity index (χ1) is 11.7. The van der Waals surface area contributed by atoms with E-state index in [0.717, 1.165) is 12.1 Å². The molecule has 25 heavy (non-hydrogen) atoms. The van der Waals surface area contributed by atoms with Crippen LogP contribution in [-0.4, -0.2) is 25.2 Å². The Morgan fingerprint density at radius 2 is 2.00 bits per heavy atom. The van der Waals surface area contributed by atoms with Gasteiger partial charge in [-0.3, -0.25) is 4.79 Å². The zero-order valence-corrected chi connectivity index (χ0v) is 14.2. The van der Waals surface area contributed by atoms with Crippen molar-refractivity contribution in [3.8, 4) is 11.5 Å². The maximum Gasteiger partial charge on any atom is 0.269 e. The predicted molar refractivity (Wildman–Crippen MR) is 94.0 cm³/mol. The van der Waals surface area contributed by atoms with Gasteiger partial charge < -0.3 is 20.1 Å². The molecule has 0 bridgehead atoms. The minimum atomic E-state index is -0.808. The van der Waals surface area contributed by atoms with Gasteiger partial charge in [-0.25, -0.2) is 4.39 Å². The number of ether oxygens (including phenoxy) is 2. The third-order valence-electron chi connectivity index (χ3n) is 4.27. The van der Waals surface area contributed by atoms with Gasteiger partial charge in [0.2, 0.25) is 6.10 Å². The number of nitrogens with one attached hydrogen (secondary N) is 2. The van der Waals surface area contributed by atoms with Crippen molar-refractivity contribution in [2.75, 3.05) is 18.5 Å². The van der Waals surface area contributed by atoms with Gasteiger partial charge in [-0.1, -0.05) is 18.2 Å². The van der Waals surface area contributed by atoms with Crippen LogP contribution in [0.25, 0.3) is 0 Å². The maximum absolute atomic E-state index is 14.6. The predicted octanol–water partition coefficient (Wildman–Crippen LogP) is 2.67. The number of rotatable bonds is 2. The molecule has 0 spiro atoms. The molecule has 0 radical (unpaired) electrons. The number of para-hydroxylation sites is 2. The van der Waals surface area contributed by atoms with Gasteiger partial charge in [0.1, 0.15) is 12.4 Å². The Bertz CT molecular complexity index is 800. The molecule has 0 fully saturated rings. The quantitative estimate of drug-likeness (QED) is 0.860. The molecule has 4 rings (SSSR count). The van der Waals surface area contributed by atoms with Crippen molar-refractivity contribution < 1.29 is 18.7 Å². The fourth-order valence-electron chi connectivity index (χ4n) is 2.99. The Kier molecular flexibility index (Phi) is 5.11. The third-order valence-corrected chi connectivity index (χ3v) is 4.27. The summed E-state index contributed by atoms with van der Waals surface area (Å²) in [5.74, 6) is 0.340. The van der Waals surface area contributed by atoms with Crippen LogP contribution in [0.1, 0.15) is 11.1 Å². The lowest BCUT2D eigenvalue weighted by atomic mass is 9.99. The van der Waals surface area contributed by atoms with Gasteiger partial charge in [0.15, 0.2) is 11.5 Å². The van der Waals surface area contributed by atoms with Gasteiger partial charge in [0.25, 0.3) is 5.91 Å². The first-order valence-electron chi connectivity index (χ1n) is 7.92. The molecular formula is C18H18ClFN2O3. The standard InChI is InChI=1S/C18H17FN2O3.ClH/c19-17-12-7-8-20-9-11(12)5-6-13(17)21-18(22)16-10-23-14-3-1-2-4-15(14)24-16;/h1-6,16,20H,7-10H2,(H,21,22);1H. The highest BCUT2D eigenvalue weighted by Crippen LogP contribution is 2.31. The van der Waals surface area contributed by atoms with E-state index in [1.807, 2.05) is 12.1 Å². The molecule has 2 N–H and O–H groups in total. The molecule has 0 saturated heterocycles. The van der Waals surface area contributed by atoms with Crippen molar-refractivity contribution >= 4 is 24.0 Å². The summed E-state index contributed by atoms with van der Waals surface area (Å²) in [7, 11) is 0. The van der Waals surface area contributed by atoms with E-state index in [1.54, 1.807) is 24.3 Å². The molecule has 1 unspecified atom stereocenters. The third kappa shape index (κ3) is 3.41. The fourth-order valence-corrected chi connectivity index (χ4v) is 2.99. The number of carbonyl (C=O) groups is 1. The van der Waals surface area contributed by atoms with Crippen LogP contribution in [0.5, 0.6) is 11.5 Å². The number of hydrogen-bond acceptors (Lipinski definition) is 4. The van der Waals surface area contributed by atoms with Crippen molar-refractivity contribution in [2.24, 2.45) is 0 Å². The molecule has 132 valence electrons. The van der Waals surface area contributed by atoms with E-state index in [2.05, 4.69) is 10.6 Å². The van der Waals surface area contributed by atoms with E-state index in [-0.39, 0.29) is 30.5 Å². The Balaban J connectivity index is 0.00000182. The van der Waals surface area contributed by atoms with Crippen molar-refractivity contribution in [1.82, 2.24) is 5.32 Å². The van der Waals surface area contributed by atoms with Crippen LogP contribution >= 0.6 is 12.4 Å². The first kappa shape index (κ1) is 17.5. The van der Waals surface area contributed by atoms with E-state index < -0.39 is 12.0 Å². The number of amides is 1. The van der Waals surface area contributed by atoms with Crippen LogP contribution in [0, 0.1) is 5.82 Å². The lowest BCUT2D eigenvalue weighted by Gasteiger charge is -2.26. The molecule has 2 aliphatic rings. The molecule has 2 aromatic rings. The minimum Gasteiger partial charge on any atom is -0.485 e. The van der Waals surface area contributed by atoms with E-state index in [0.29, 0.717) is 30.0 Å². The number of anilines is 1. The van der Waals surface area contributed by atoms with Gasteiger partial charge in [-0.15, -0.1) is 12.4 Å². The maximum atomic E-state index is 14.6. The number of carbonyl (C=O) groups excluding carboxylic acids is 1. The summed E-state index contributed by atoms with van der Waals surface area (Å²) in [6, 6.07) is 10.6. The molecule has 2 heterocycles. The molecule has 2 aliphatic heterocycles. The van der Waals surface area contributed by atoms with Gasteiger partial charge in [0, 0.05) is 6.54 Å². The van der Waals surface area contributed by atoms with Crippen LogP contribution in [0.15, 0.2) is 36.4 Å². The van der Waals surface area contributed by atoms with Crippen LogP contribution in [0.4, 0.5) is 10.1 Å². The number of benzene rings is 2. The lowest BCUT2D eigenvalue weighted by molar-refractivity contribution is -0.125. The second kappa shape index (κ2) is 7.29. The van der Waals surface area contributed by atoms with Crippen LogP contribution in [-0.2, 0) is 17.8 Å². The van der Waals surface area contributed by atoms with Crippen LogP contribution in [0.2, 0.25) is 0 Å². The molecule has 7 heteroatoms. The average Bonchev–Trinajstić information content (AvgIpc) is 2.64. The summed E-state index contributed by atoms with van der Waals surface area (Å²) in [4.78, 5) is 12.4. The zero-order valence-electron chi connectivity index (χ0n) is 13.4. The van der Waals surface area contributed by atoms with Crippen molar-refractivity contribution in [3.63, 3.8) is 0 Å². The highest BCUT2D eigenvalue weighted by atomic mass is 35.5. The largest absolute Gasteiger partial charge is 0.485 e. The highest BCUT2D eigenvalue weighted by Gasteiger charge is 2.28. The molecule has 1 atom stereocenters. The van der Waals surface area contributed by atoms with Crippen molar-refractivity contribution in [3.05, 3.63) is 53.3 Å². The Morgan fingerprint density at radius 1 is 1.20 bits per heavy atom. The summed E-state index contributed by atoms with van der Waals surface area (Å²) in [5.41, 5.74) is 1.78. The van der Waals surface area contributed by atoms with Gasteiger partial charge in [0.05, 0.1) is 5.69 Å². The fraction of sp³-hybridized carbons (Fsp3) is 0.278. The van der Waals surface area contributed by atoms with E-state index in [4.69, 9.17) is 9.47 Å².